The molecule has 0 bridgehead atoms. The van der Waals surface area contributed by atoms with Crippen molar-refractivity contribution in [1.29, 1.82) is 0 Å². The fourth-order valence-corrected chi connectivity index (χ4v) is 2.34. The maximum atomic E-state index is 12.1. The van der Waals surface area contributed by atoms with Crippen LogP contribution < -0.4 is 0 Å². The zero-order valence-corrected chi connectivity index (χ0v) is 10.7. The summed E-state index contributed by atoms with van der Waals surface area (Å²) in [7, 11) is 0. The van der Waals surface area contributed by atoms with Crippen molar-refractivity contribution >= 4 is 23.2 Å². The van der Waals surface area contributed by atoms with Crippen molar-refractivity contribution in [1.82, 2.24) is 4.90 Å². The largest absolute Gasteiger partial charge is 0.337 e. The molecule has 0 aliphatic carbocycles. The van der Waals surface area contributed by atoms with Gasteiger partial charge in [-0.3, -0.25) is 14.9 Å². The monoisotopic (exact) mass is 268 g/mol. The molecule has 6 heteroatoms. The van der Waals surface area contributed by atoms with Crippen LogP contribution in [0.15, 0.2) is 18.2 Å². The standard InChI is InChI=1S/C12H13ClN2O3/c1-8-6-9(2-3-11(8)15(17)18)12(16)14-5-4-10(13)7-14/h2-3,6,10H,4-5,7H2,1H3. The summed E-state index contributed by atoms with van der Waals surface area (Å²) in [6.07, 6.45) is 0.791. The van der Waals surface area contributed by atoms with Crippen molar-refractivity contribution in [2.75, 3.05) is 13.1 Å². The van der Waals surface area contributed by atoms with Gasteiger partial charge in [-0.25, -0.2) is 0 Å². The molecule has 1 saturated heterocycles. The number of carbonyl (C=O) groups is 1. The van der Waals surface area contributed by atoms with Gasteiger partial charge in [-0.2, -0.15) is 0 Å². The van der Waals surface area contributed by atoms with E-state index in [1.807, 2.05) is 0 Å². The average molecular weight is 269 g/mol. The minimum absolute atomic E-state index is 0.00750. The number of nitrogens with zero attached hydrogens (tertiary/aromatic N) is 2. The maximum Gasteiger partial charge on any atom is 0.272 e. The van der Waals surface area contributed by atoms with Crippen molar-refractivity contribution in [3.05, 3.63) is 39.4 Å². The second-order valence-corrected chi connectivity index (χ2v) is 5.01. The smallest absolute Gasteiger partial charge is 0.272 e. The van der Waals surface area contributed by atoms with E-state index in [2.05, 4.69) is 0 Å². The third-order valence-electron chi connectivity index (χ3n) is 3.06. The number of aryl methyl sites for hydroxylation is 1. The Morgan fingerprint density at radius 1 is 1.56 bits per heavy atom. The topological polar surface area (TPSA) is 63.5 Å². The minimum atomic E-state index is -0.450. The lowest BCUT2D eigenvalue weighted by molar-refractivity contribution is -0.385. The van der Waals surface area contributed by atoms with E-state index in [0.29, 0.717) is 24.2 Å². The number of likely N-dealkylation sites (tertiary alicyclic amines) is 1. The summed E-state index contributed by atoms with van der Waals surface area (Å²) in [4.78, 5) is 24.0. The van der Waals surface area contributed by atoms with E-state index >= 15 is 0 Å². The molecule has 1 unspecified atom stereocenters. The Hall–Kier alpha value is -1.62. The number of alkyl halides is 1. The van der Waals surface area contributed by atoms with E-state index < -0.39 is 4.92 Å². The number of rotatable bonds is 2. The number of nitro groups is 1. The van der Waals surface area contributed by atoms with Gasteiger partial charge in [0.1, 0.15) is 0 Å². The lowest BCUT2D eigenvalue weighted by atomic mass is 10.1. The lowest BCUT2D eigenvalue weighted by Gasteiger charge is -2.15. The molecule has 0 N–H and O–H groups in total. The quantitative estimate of drug-likeness (QED) is 0.470. The Bertz CT molecular complexity index is 504. The molecule has 1 aromatic rings. The molecule has 0 spiro atoms. The molecule has 0 saturated carbocycles. The molecule has 96 valence electrons. The van der Waals surface area contributed by atoms with Gasteiger partial charge >= 0.3 is 0 Å². The molecular weight excluding hydrogens is 256 g/mol. The van der Waals surface area contributed by atoms with Gasteiger partial charge in [0, 0.05) is 30.3 Å². The van der Waals surface area contributed by atoms with E-state index in [1.54, 1.807) is 17.9 Å². The number of hydrogen-bond donors (Lipinski definition) is 0. The molecule has 1 aromatic carbocycles. The lowest BCUT2D eigenvalue weighted by Crippen LogP contribution is -2.28. The van der Waals surface area contributed by atoms with E-state index in [0.717, 1.165) is 6.42 Å². The first-order valence-corrected chi connectivity index (χ1v) is 6.11. The fourth-order valence-electron chi connectivity index (χ4n) is 2.08. The van der Waals surface area contributed by atoms with Crippen LogP contribution in [0.3, 0.4) is 0 Å². The molecular formula is C12H13ClN2O3. The van der Waals surface area contributed by atoms with Gasteiger partial charge in [0.25, 0.3) is 11.6 Å². The average Bonchev–Trinajstić information content (AvgIpc) is 2.74. The highest BCUT2D eigenvalue weighted by molar-refractivity contribution is 6.21. The summed E-state index contributed by atoms with van der Waals surface area (Å²) in [5.41, 5.74) is 1.000. The number of nitro benzene ring substituents is 1. The molecule has 1 atom stereocenters. The first-order valence-electron chi connectivity index (χ1n) is 5.67. The Balaban J connectivity index is 2.21. The van der Waals surface area contributed by atoms with Gasteiger partial charge in [0.15, 0.2) is 0 Å². The molecule has 1 amide bonds. The van der Waals surface area contributed by atoms with Crippen molar-refractivity contribution in [3.8, 4) is 0 Å². The van der Waals surface area contributed by atoms with Crippen molar-refractivity contribution < 1.29 is 9.72 Å². The number of amides is 1. The Morgan fingerprint density at radius 3 is 2.78 bits per heavy atom. The van der Waals surface area contributed by atoms with Gasteiger partial charge in [-0.1, -0.05) is 0 Å². The first-order chi connectivity index (χ1) is 8.49. The van der Waals surface area contributed by atoms with Crippen LogP contribution >= 0.6 is 11.6 Å². The van der Waals surface area contributed by atoms with Crippen LogP contribution in [0.5, 0.6) is 0 Å². The molecule has 1 aliphatic rings. The number of carbonyl (C=O) groups excluding carboxylic acids is 1. The van der Waals surface area contributed by atoms with E-state index in [-0.39, 0.29) is 17.0 Å². The molecule has 5 nitrogen and oxygen atoms in total. The van der Waals surface area contributed by atoms with Gasteiger partial charge < -0.3 is 4.90 Å². The second-order valence-electron chi connectivity index (χ2n) is 4.40. The first kappa shape index (κ1) is 12.8. The predicted molar refractivity (Wildman–Crippen MR) is 68.0 cm³/mol. The highest BCUT2D eigenvalue weighted by Crippen LogP contribution is 2.22. The van der Waals surface area contributed by atoms with Crippen LogP contribution in [0.25, 0.3) is 0 Å². The SMILES string of the molecule is Cc1cc(C(=O)N2CCC(Cl)C2)ccc1[N+](=O)[O-]. The fraction of sp³-hybridized carbons (Fsp3) is 0.417. The van der Waals surface area contributed by atoms with E-state index in [4.69, 9.17) is 11.6 Å². The third-order valence-corrected chi connectivity index (χ3v) is 3.41. The third kappa shape index (κ3) is 2.46. The van der Waals surface area contributed by atoms with Crippen LogP contribution in [0, 0.1) is 17.0 Å². The Labute approximate surface area is 109 Å². The highest BCUT2D eigenvalue weighted by Gasteiger charge is 2.26. The maximum absolute atomic E-state index is 12.1. The normalized spacial score (nSPS) is 19.0. The zero-order chi connectivity index (χ0) is 13.3. The van der Waals surface area contributed by atoms with Crippen molar-refractivity contribution in [2.45, 2.75) is 18.7 Å². The Kier molecular flexibility index (Phi) is 3.52. The van der Waals surface area contributed by atoms with Gasteiger partial charge in [0.2, 0.25) is 0 Å². The Morgan fingerprint density at radius 2 is 2.28 bits per heavy atom. The summed E-state index contributed by atoms with van der Waals surface area (Å²) < 4.78 is 0. The van der Waals surface area contributed by atoms with Crippen LogP contribution in [0.2, 0.25) is 0 Å². The number of hydrogen-bond acceptors (Lipinski definition) is 3. The van der Waals surface area contributed by atoms with Crippen molar-refractivity contribution in [3.63, 3.8) is 0 Å². The van der Waals surface area contributed by atoms with Gasteiger partial charge in [-0.15, -0.1) is 11.6 Å². The molecule has 0 aromatic heterocycles. The van der Waals surface area contributed by atoms with Gasteiger partial charge in [0.05, 0.1) is 10.3 Å². The summed E-state index contributed by atoms with van der Waals surface area (Å²) in [5, 5.41) is 10.7. The summed E-state index contributed by atoms with van der Waals surface area (Å²) >= 11 is 5.95. The second kappa shape index (κ2) is 4.94. The summed E-state index contributed by atoms with van der Waals surface area (Å²) in [6.45, 7) is 2.81. The predicted octanol–water partition coefficient (Wildman–Crippen LogP) is 2.36. The molecule has 1 heterocycles. The van der Waals surface area contributed by atoms with Crippen LogP contribution in [0.4, 0.5) is 5.69 Å². The molecule has 1 aliphatic heterocycles. The minimum Gasteiger partial charge on any atom is -0.337 e. The van der Waals surface area contributed by atoms with Crippen LogP contribution in [-0.4, -0.2) is 34.2 Å². The molecule has 2 rings (SSSR count). The van der Waals surface area contributed by atoms with Crippen LogP contribution in [0.1, 0.15) is 22.3 Å². The van der Waals surface area contributed by atoms with E-state index in [9.17, 15) is 14.9 Å². The number of benzene rings is 1. The zero-order valence-electron chi connectivity index (χ0n) is 9.93. The van der Waals surface area contributed by atoms with Crippen molar-refractivity contribution in [2.24, 2.45) is 0 Å². The highest BCUT2D eigenvalue weighted by atomic mass is 35.5. The van der Waals surface area contributed by atoms with Crippen LogP contribution in [-0.2, 0) is 0 Å². The summed E-state index contributed by atoms with van der Waals surface area (Å²) in [6, 6.07) is 4.42. The van der Waals surface area contributed by atoms with E-state index in [1.165, 1.54) is 12.1 Å². The molecule has 0 radical (unpaired) electrons. The number of halogens is 1. The molecule has 18 heavy (non-hydrogen) atoms. The van der Waals surface area contributed by atoms with Gasteiger partial charge in [-0.05, 0) is 25.5 Å². The molecule has 1 fully saturated rings. The summed E-state index contributed by atoms with van der Waals surface area (Å²) in [5.74, 6) is -0.115.